The molecule has 0 aliphatic carbocycles. The number of aromatic amines is 1. The standard InChI is InChI=1S/C25H21N7O2/c1-3-23(33)30-22-12-21(31-32(22)15-18-6-4-5-8-26-18)17-10-19-20(14-29-25(19)28-13-17)16-7-9-27-24(11-16)34-2/h3-14H,1,15H2,2H3,(H,28,29)(H,30,33). The number of hydrogen-bond donors (Lipinski definition) is 2. The van der Waals surface area contributed by atoms with Crippen molar-refractivity contribution < 1.29 is 9.53 Å². The fourth-order valence-electron chi connectivity index (χ4n) is 3.67. The highest BCUT2D eigenvalue weighted by molar-refractivity contribution is 5.99. The quantitative estimate of drug-likeness (QED) is 0.361. The normalized spacial score (nSPS) is 10.9. The first-order valence-electron chi connectivity index (χ1n) is 10.5. The summed E-state index contributed by atoms with van der Waals surface area (Å²) < 4.78 is 6.97. The minimum absolute atomic E-state index is 0.318. The van der Waals surface area contributed by atoms with E-state index in [1.54, 1.807) is 30.4 Å². The number of ether oxygens (including phenoxy) is 1. The number of hydrogen-bond acceptors (Lipinski definition) is 6. The van der Waals surface area contributed by atoms with Gasteiger partial charge in [0.15, 0.2) is 0 Å². The van der Waals surface area contributed by atoms with Crippen LogP contribution in [-0.4, -0.2) is 42.7 Å². The number of aromatic nitrogens is 6. The van der Waals surface area contributed by atoms with E-state index in [1.165, 1.54) is 6.08 Å². The van der Waals surface area contributed by atoms with Crippen LogP contribution in [0.5, 0.6) is 5.88 Å². The number of rotatable bonds is 7. The van der Waals surface area contributed by atoms with Crippen LogP contribution < -0.4 is 10.1 Å². The number of methoxy groups -OCH3 is 1. The Bertz CT molecular complexity index is 1490. The molecule has 5 aromatic heterocycles. The summed E-state index contributed by atoms with van der Waals surface area (Å²) in [5.74, 6) is 0.757. The fourth-order valence-corrected chi connectivity index (χ4v) is 3.67. The van der Waals surface area contributed by atoms with Crippen LogP contribution in [0.1, 0.15) is 5.69 Å². The molecule has 9 heteroatoms. The SMILES string of the molecule is C=CC(=O)Nc1cc(-c2cnc3[nH]cc(-c4ccnc(OC)c4)c3c2)nn1Cc1ccccn1. The zero-order valence-corrected chi connectivity index (χ0v) is 18.4. The predicted octanol–water partition coefficient (Wildman–Crippen LogP) is 4.06. The Kier molecular flexibility index (Phi) is 5.57. The molecular weight excluding hydrogens is 430 g/mol. The van der Waals surface area contributed by atoms with Gasteiger partial charge in [-0.2, -0.15) is 5.10 Å². The van der Waals surface area contributed by atoms with Gasteiger partial charge in [0.05, 0.1) is 25.0 Å². The van der Waals surface area contributed by atoms with Gasteiger partial charge in [0.2, 0.25) is 11.8 Å². The van der Waals surface area contributed by atoms with Gasteiger partial charge in [0.25, 0.3) is 0 Å². The van der Waals surface area contributed by atoms with Gasteiger partial charge in [-0.1, -0.05) is 12.6 Å². The van der Waals surface area contributed by atoms with Crippen molar-refractivity contribution in [3.05, 3.63) is 85.6 Å². The molecule has 0 saturated carbocycles. The van der Waals surface area contributed by atoms with Crippen molar-refractivity contribution in [1.82, 2.24) is 29.7 Å². The van der Waals surface area contributed by atoms with Gasteiger partial charge < -0.3 is 15.0 Å². The van der Waals surface area contributed by atoms with Crippen LogP contribution in [0, 0.1) is 0 Å². The fraction of sp³-hybridized carbons (Fsp3) is 0.0800. The van der Waals surface area contributed by atoms with Crippen molar-refractivity contribution in [1.29, 1.82) is 0 Å². The number of H-pyrrole nitrogens is 1. The number of amides is 1. The van der Waals surface area contributed by atoms with Crippen molar-refractivity contribution in [2.45, 2.75) is 6.54 Å². The first-order valence-corrected chi connectivity index (χ1v) is 10.5. The van der Waals surface area contributed by atoms with Crippen LogP contribution in [0.4, 0.5) is 5.82 Å². The van der Waals surface area contributed by atoms with E-state index in [-0.39, 0.29) is 5.91 Å². The Morgan fingerprint density at radius 1 is 1.15 bits per heavy atom. The number of nitrogens with one attached hydrogen (secondary N) is 2. The molecule has 34 heavy (non-hydrogen) atoms. The molecule has 0 unspecified atom stereocenters. The van der Waals surface area contributed by atoms with E-state index in [0.717, 1.165) is 33.4 Å². The molecule has 0 aliphatic rings. The van der Waals surface area contributed by atoms with Crippen molar-refractivity contribution in [2.24, 2.45) is 0 Å². The van der Waals surface area contributed by atoms with Gasteiger partial charge in [-0.15, -0.1) is 0 Å². The van der Waals surface area contributed by atoms with Gasteiger partial charge in [-0.3, -0.25) is 9.78 Å². The smallest absolute Gasteiger partial charge is 0.248 e. The van der Waals surface area contributed by atoms with Crippen LogP contribution >= 0.6 is 0 Å². The Balaban J connectivity index is 1.56. The summed E-state index contributed by atoms with van der Waals surface area (Å²) in [6.07, 6.45) is 8.31. The summed E-state index contributed by atoms with van der Waals surface area (Å²) >= 11 is 0. The van der Waals surface area contributed by atoms with Crippen molar-refractivity contribution in [3.63, 3.8) is 0 Å². The average molecular weight is 451 g/mol. The monoisotopic (exact) mass is 451 g/mol. The first-order chi connectivity index (χ1) is 16.6. The molecule has 168 valence electrons. The third-order valence-corrected chi connectivity index (χ3v) is 5.34. The van der Waals surface area contributed by atoms with E-state index in [4.69, 9.17) is 9.84 Å². The summed E-state index contributed by atoms with van der Waals surface area (Å²) in [6, 6.07) is 13.3. The van der Waals surface area contributed by atoms with E-state index in [1.807, 2.05) is 48.7 Å². The van der Waals surface area contributed by atoms with Gasteiger partial charge in [-0.05, 0) is 35.9 Å². The number of pyridine rings is 3. The third-order valence-electron chi connectivity index (χ3n) is 5.34. The van der Waals surface area contributed by atoms with E-state index in [9.17, 15) is 4.79 Å². The van der Waals surface area contributed by atoms with Crippen LogP contribution in [-0.2, 0) is 11.3 Å². The van der Waals surface area contributed by atoms with Gasteiger partial charge in [0, 0.05) is 53.4 Å². The number of anilines is 1. The largest absolute Gasteiger partial charge is 0.481 e. The molecule has 5 aromatic rings. The highest BCUT2D eigenvalue weighted by Gasteiger charge is 2.15. The maximum absolute atomic E-state index is 12.0. The number of nitrogens with zero attached hydrogens (tertiary/aromatic N) is 5. The second-order valence-electron chi connectivity index (χ2n) is 7.50. The summed E-state index contributed by atoms with van der Waals surface area (Å²) in [6.45, 7) is 3.93. The molecule has 0 aliphatic heterocycles. The Morgan fingerprint density at radius 3 is 2.85 bits per heavy atom. The van der Waals surface area contributed by atoms with Crippen LogP contribution in [0.3, 0.4) is 0 Å². The minimum Gasteiger partial charge on any atom is -0.481 e. The zero-order valence-electron chi connectivity index (χ0n) is 18.4. The minimum atomic E-state index is -0.318. The average Bonchev–Trinajstić information content (AvgIpc) is 3.48. The molecule has 0 bridgehead atoms. The zero-order chi connectivity index (χ0) is 23.5. The molecule has 5 heterocycles. The van der Waals surface area contributed by atoms with Gasteiger partial charge >= 0.3 is 0 Å². The lowest BCUT2D eigenvalue weighted by Gasteiger charge is -2.07. The molecule has 0 spiro atoms. The molecule has 0 saturated heterocycles. The molecular formula is C25H21N7O2. The highest BCUT2D eigenvalue weighted by Crippen LogP contribution is 2.32. The number of carbonyl (C=O) groups excluding carboxylic acids is 1. The first kappa shape index (κ1) is 21.1. The summed E-state index contributed by atoms with van der Waals surface area (Å²) in [4.78, 5) is 28.3. The van der Waals surface area contributed by atoms with Crippen molar-refractivity contribution in [3.8, 4) is 28.3 Å². The lowest BCUT2D eigenvalue weighted by atomic mass is 10.1. The summed E-state index contributed by atoms with van der Waals surface area (Å²) in [5.41, 5.74) is 4.98. The molecule has 0 radical (unpaired) electrons. The van der Waals surface area contributed by atoms with Crippen LogP contribution in [0.15, 0.2) is 79.9 Å². The molecule has 2 N–H and O–H groups in total. The Labute approximate surface area is 195 Å². The van der Waals surface area contributed by atoms with Crippen LogP contribution in [0.25, 0.3) is 33.4 Å². The third kappa shape index (κ3) is 4.14. The molecule has 1 amide bonds. The van der Waals surface area contributed by atoms with Gasteiger partial charge in [0.1, 0.15) is 11.5 Å². The second-order valence-corrected chi connectivity index (χ2v) is 7.50. The Morgan fingerprint density at radius 2 is 2.06 bits per heavy atom. The van der Waals surface area contributed by atoms with E-state index < -0.39 is 0 Å². The number of fused-ring (bicyclic) bond motifs is 1. The maximum atomic E-state index is 12.0. The topological polar surface area (TPSA) is 111 Å². The van der Waals surface area contributed by atoms with Crippen molar-refractivity contribution >= 4 is 22.8 Å². The Hall–Kier alpha value is -4.79. The second kappa shape index (κ2) is 8.99. The summed E-state index contributed by atoms with van der Waals surface area (Å²) in [7, 11) is 1.59. The van der Waals surface area contributed by atoms with Crippen molar-refractivity contribution in [2.75, 3.05) is 12.4 Å². The van der Waals surface area contributed by atoms with E-state index in [2.05, 4.69) is 31.8 Å². The number of carbonyl (C=O) groups is 1. The maximum Gasteiger partial charge on any atom is 0.248 e. The highest BCUT2D eigenvalue weighted by atomic mass is 16.5. The molecule has 0 aromatic carbocycles. The van der Waals surface area contributed by atoms with Crippen LogP contribution in [0.2, 0.25) is 0 Å². The lowest BCUT2D eigenvalue weighted by Crippen LogP contribution is -2.13. The lowest BCUT2D eigenvalue weighted by molar-refractivity contribution is -0.111. The van der Waals surface area contributed by atoms with Gasteiger partial charge in [-0.25, -0.2) is 14.6 Å². The molecule has 9 nitrogen and oxygen atoms in total. The van der Waals surface area contributed by atoms with E-state index in [0.29, 0.717) is 23.9 Å². The summed E-state index contributed by atoms with van der Waals surface area (Å²) in [5, 5.41) is 8.48. The molecule has 5 rings (SSSR count). The van der Waals surface area contributed by atoms with E-state index >= 15 is 0 Å². The predicted molar refractivity (Wildman–Crippen MR) is 129 cm³/mol. The molecule has 0 fully saturated rings. The molecule has 0 atom stereocenters.